The lowest BCUT2D eigenvalue weighted by Gasteiger charge is -2.16. The first-order chi connectivity index (χ1) is 13.3. The van der Waals surface area contributed by atoms with Crippen LogP contribution in [0.5, 0.6) is 0 Å². The average molecular weight is 408 g/mol. The Morgan fingerprint density at radius 1 is 1.18 bits per heavy atom. The molecule has 0 bridgehead atoms. The molecule has 28 heavy (non-hydrogen) atoms. The van der Waals surface area contributed by atoms with Crippen molar-refractivity contribution in [2.24, 2.45) is 5.92 Å². The van der Waals surface area contributed by atoms with Gasteiger partial charge in [0, 0.05) is 23.6 Å². The number of imidazole rings is 1. The Hall–Kier alpha value is -2.08. The number of fused-ring (bicyclic) bond motifs is 1. The summed E-state index contributed by atoms with van der Waals surface area (Å²) < 4.78 is 39.1. The minimum absolute atomic E-state index is 0.0290. The summed E-state index contributed by atoms with van der Waals surface area (Å²) in [6.07, 6.45) is -0.356. The SMILES string of the molecule is CCc1nc2c(-c3ccc(C(F)(F)F)cc3Cl)nc(C(CC)C3CC3)cc2[nH]1. The van der Waals surface area contributed by atoms with Crippen LogP contribution in [0.15, 0.2) is 24.3 Å². The standard InChI is InChI=1S/C21H21ClF3N3/c1-3-13(11-5-6-11)16-10-17-20(28-18(4-2)26-17)19(27-16)14-8-7-12(9-15(14)22)21(23,24)25/h7-11,13H,3-6H2,1-2H3,(H,26,28). The first-order valence-corrected chi connectivity index (χ1v) is 9.96. The number of aryl methyl sites for hydroxylation is 1. The lowest BCUT2D eigenvalue weighted by Crippen LogP contribution is -2.06. The third kappa shape index (κ3) is 3.50. The number of nitrogens with zero attached hydrogens (tertiary/aromatic N) is 2. The Bertz CT molecular complexity index is 1020. The van der Waals surface area contributed by atoms with Gasteiger partial charge in [0.05, 0.1) is 21.8 Å². The zero-order valence-corrected chi connectivity index (χ0v) is 16.5. The number of aromatic nitrogens is 3. The molecule has 0 saturated heterocycles. The number of hydrogen-bond acceptors (Lipinski definition) is 2. The zero-order valence-electron chi connectivity index (χ0n) is 15.7. The molecule has 1 aliphatic rings. The molecule has 0 radical (unpaired) electrons. The van der Waals surface area contributed by atoms with Crippen molar-refractivity contribution < 1.29 is 13.2 Å². The largest absolute Gasteiger partial charge is 0.416 e. The Morgan fingerprint density at radius 2 is 1.93 bits per heavy atom. The van der Waals surface area contributed by atoms with Crippen LogP contribution < -0.4 is 0 Å². The molecule has 0 amide bonds. The van der Waals surface area contributed by atoms with Gasteiger partial charge >= 0.3 is 6.18 Å². The van der Waals surface area contributed by atoms with Gasteiger partial charge in [-0.15, -0.1) is 0 Å². The van der Waals surface area contributed by atoms with Crippen LogP contribution in [0.25, 0.3) is 22.3 Å². The van der Waals surface area contributed by atoms with Gasteiger partial charge in [0.1, 0.15) is 11.3 Å². The Labute approximate surface area is 166 Å². The fourth-order valence-corrected chi connectivity index (χ4v) is 4.07. The van der Waals surface area contributed by atoms with Gasteiger partial charge in [-0.2, -0.15) is 13.2 Å². The van der Waals surface area contributed by atoms with Crippen LogP contribution in [0.3, 0.4) is 0 Å². The number of H-pyrrole nitrogens is 1. The monoisotopic (exact) mass is 407 g/mol. The first-order valence-electron chi connectivity index (χ1n) is 9.58. The van der Waals surface area contributed by atoms with Crippen molar-refractivity contribution in [3.05, 3.63) is 46.4 Å². The maximum atomic E-state index is 13.0. The second-order valence-electron chi connectivity index (χ2n) is 7.37. The number of rotatable bonds is 5. The number of hydrogen-bond donors (Lipinski definition) is 1. The number of halogens is 4. The number of benzene rings is 1. The molecule has 1 saturated carbocycles. The van der Waals surface area contributed by atoms with Crippen molar-refractivity contribution in [1.29, 1.82) is 0 Å². The van der Waals surface area contributed by atoms with E-state index in [9.17, 15) is 13.2 Å². The summed E-state index contributed by atoms with van der Waals surface area (Å²) in [6, 6.07) is 5.44. The lowest BCUT2D eigenvalue weighted by atomic mass is 9.95. The molecule has 1 unspecified atom stereocenters. The molecular weight excluding hydrogens is 387 g/mol. The molecule has 1 fully saturated rings. The molecule has 1 N–H and O–H groups in total. The van der Waals surface area contributed by atoms with Crippen LogP contribution in [0.1, 0.15) is 56.1 Å². The van der Waals surface area contributed by atoms with Crippen LogP contribution in [-0.4, -0.2) is 15.0 Å². The van der Waals surface area contributed by atoms with Crippen molar-refractivity contribution >= 4 is 22.6 Å². The summed E-state index contributed by atoms with van der Waals surface area (Å²) in [4.78, 5) is 12.8. The molecule has 2 heterocycles. The molecule has 1 aromatic carbocycles. The van der Waals surface area contributed by atoms with Crippen molar-refractivity contribution in [2.45, 2.75) is 51.6 Å². The fraction of sp³-hybridized carbons (Fsp3) is 0.429. The van der Waals surface area contributed by atoms with Gasteiger partial charge in [0.2, 0.25) is 0 Å². The topological polar surface area (TPSA) is 41.6 Å². The molecule has 7 heteroatoms. The van der Waals surface area contributed by atoms with Gasteiger partial charge in [-0.05, 0) is 43.4 Å². The van der Waals surface area contributed by atoms with E-state index < -0.39 is 11.7 Å². The molecule has 3 nitrogen and oxygen atoms in total. The minimum Gasteiger partial charge on any atom is -0.342 e. The van der Waals surface area contributed by atoms with E-state index in [1.165, 1.54) is 18.9 Å². The van der Waals surface area contributed by atoms with Crippen molar-refractivity contribution in [1.82, 2.24) is 15.0 Å². The van der Waals surface area contributed by atoms with E-state index in [1.807, 2.05) is 13.0 Å². The predicted octanol–water partition coefficient (Wildman–Crippen LogP) is 6.76. The molecule has 2 aromatic heterocycles. The fourth-order valence-electron chi connectivity index (χ4n) is 3.80. The molecule has 4 rings (SSSR count). The smallest absolute Gasteiger partial charge is 0.342 e. The summed E-state index contributed by atoms with van der Waals surface area (Å²) in [5.41, 5.74) is 2.70. The van der Waals surface area contributed by atoms with Crippen LogP contribution in [-0.2, 0) is 12.6 Å². The maximum Gasteiger partial charge on any atom is 0.416 e. The quantitative estimate of drug-likeness (QED) is 0.507. The maximum absolute atomic E-state index is 13.0. The van der Waals surface area contributed by atoms with Gasteiger partial charge < -0.3 is 4.98 Å². The summed E-state index contributed by atoms with van der Waals surface area (Å²) in [7, 11) is 0. The average Bonchev–Trinajstić information content (AvgIpc) is 3.38. The molecule has 1 atom stereocenters. The predicted molar refractivity (Wildman–Crippen MR) is 104 cm³/mol. The van der Waals surface area contributed by atoms with E-state index in [4.69, 9.17) is 16.6 Å². The highest BCUT2D eigenvalue weighted by Gasteiger charge is 2.33. The first kappa shape index (κ1) is 19.2. The second kappa shape index (κ2) is 7.07. The van der Waals surface area contributed by atoms with Crippen LogP contribution in [0.2, 0.25) is 5.02 Å². The molecule has 0 aliphatic heterocycles. The number of alkyl halides is 3. The van der Waals surface area contributed by atoms with Crippen molar-refractivity contribution in [3.8, 4) is 11.3 Å². The second-order valence-corrected chi connectivity index (χ2v) is 7.78. The minimum atomic E-state index is -4.44. The molecule has 0 spiro atoms. The van der Waals surface area contributed by atoms with Gasteiger partial charge in [-0.1, -0.05) is 31.5 Å². The molecule has 3 aromatic rings. The van der Waals surface area contributed by atoms with Gasteiger partial charge in [0.15, 0.2) is 0 Å². The van der Waals surface area contributed by atoms with Crippen molar-refractivity contribution in [2.75, 3.05) is 0 Å². The van der Waals surface area contributed by atoms with E-state index in [-0.39, 0.29) is 5.02 Å². The van der Waals surface area contributed by atoms with E-state index >= 15 is 0 Å². The van der Waals surface area contributed by atoms with Crippen molar-refractivity contribution in [3.63, 3.8) is 0 Å². The molecule has 1 aliphatic carbocycles. The highest BCUT2D eigenvalue weighted by molar-refractivity contribution is 6.33. The van der Waals surface area contributed by atoms with Gasteiger partial charge in [-0.25, -0.2) is 4.98 Å². The van der Waals surface area contributed by atoms with Crippen LogP contribution in [0.4, 0.5) is 13.2 Å². The summed E-state index contributed by atoms with van der Waals surface area (Å²) >= 11 is 6.27. The highest BCUT2D eigenvalue weighted by Crippen LogP contribution is 2.45. The van der Waals surface area contributed by atoms with Crippen LogP contribution >= 0.6 is 11.6 Å². The highest BCUT2D eigenvalue weighted by atomic mass is 35.5. The van der Waals surface area contributed by atoms with E-state index in [2.05, 4.69) is 16.9 Å². The Kier molecular flexibility index (Phi) is 4.86. The summed E-state index contributed by atoms with van der Waals surface area (Å²) in [6.45, 7) is 4.14. The van der Waals surface area contributed by atoms with E-state index in [0.717, 1.165) is 42.0 Å². The summed E-state index contributed by atoms with van der Waals surface area (Å²) in [5.74, 6) is 1.78. The van der Waals surface area contributed by atoms with E-state index in [1.54, 1.807) is 0 Å². The Morgan fingerprint density at radius 3 is 2.50 bits per heavy atom. The Balaban J connectivity index is 1.90. The number of pyridine rings is 1. The number of aromatic amines is 1. The van der Waals surface area contributed by atoms with Crippen LogP contribution in [0, 0.1) is 5.92 Å². The zero-order chi connectivity index (χ0) is 20.1. The molecule has 148 valence electrons. The lowest BCUT2D eigenvalue weighted by molar-refractivity contribution is -0.137. The van der Waals surface area contributed by atoms with Gasteiger partial charge in [-0.3, -0.25) is 4.98 Å². The molecular formula is C21H21ClF3N3. The normalized spacial score (nSPS) is 15.9. The third-order valence-electron chi connectivity index (χ3n) is 5.44. The van der Waals surface area contributed by atoms with E-state index in [0.29, 0.717) is 28.6 Å². The third-order valence-corrected chi connectivity index (χ3v) is 5.75. The number of nitrogens with one attached hydrogen (secondary N) is 1. The summed E-state index contributed by atoms with van der Waals surface area (Å²) in [5, 5.41) is 0.0290. The van der Waals surface area contributed by atoms with Gasteiger partial charge in [0.25, 0.3) is 0 Å².